The van der Waals surface area contributed by atoms with Crippen LogP contribution in [-0.2, 0) is 0 Å². The number of fused-ring (bicyclic) bond motifs is 1. The second-order valence-electron chi connectivity index (χ2n) is 3.07. The monoisotopic (exact) mass is 108 g/mol. The van der Waals surface area contributed by atoms with E-state index in [-0.39, 0.29) is 0 Å². The minimum Gasteiger partial charge on any atom is -0.0993 e. The van der Waals surface area contributed by atoms with Crippen LogP contribution in [-0.4, -0.2) is 0 Å². The van der Waals surface area contributed by atoms with Crippen molar-refractivity contribution in [2.45, 2.75) is 25.7 Å². The maximum atomic E-state index is 4.01. The smallest absolute Gasteiger partial charge is 0.0137 e. The molecule has 2 atom stereocenters. The van der Waals surface area contributed by atoms with E-state index >= 15 is 0 Å². The van der Waals surface area contributed by atoms with Gasteiger partial charge >= 0.3 is 0 Å². The highest BCUT2D eigenvalue weighted by Gasteiger charge is 2.42. The van der Waals surface area contributed by atoms with Crippen molar-refractivity contribution >= 4 is 0 Å². The fourth-order valence-electron chi connectivity index (χ4n) is 1.95. The molecule has 0 spiro atoms. The normalized spacial score (nSPS) is 43.8. The first-order valence-electron chi connectivity index (χ1n) is 3.58. The predicted molar refractivity (Wildman–Crippen MR) is 34.6 cm³/mol. The Balaban J connectivity index is 2.07. The molecule has 0 heterocycles. The van der Waals surface area contributed by atoms with Crippen LogP contribution >= 0.6 is 0 Å². The topological polar surface area (TPSA) is 0 Å². The minimum atomic E-state index is 0.976. The third-order valence-corrected chi connectivity index (χ3v) is 2.61. The Morgan fingerprint density at radius 1 is 1.12 bits per heavy atom. The summed E-state index contributed by atoms with van der Waals surface area (Å²) in [6.45, 7) is 4.01. The van der Waals surface area contributed by atoms with Crippen LogP contribution in [0.5, 0.6) is 0 Å². The summed E-state index contributed by atoms with van der Waals surface area (Å²) in [6, 6.07) is 0. The first-order chi connectivity index (χ1) is 3.89. The van der Waals surface area contributed by atoms with Crippen LogP contribution in [0, 0.1) is 11.8 Å². The Morgan fingerprint density at radius 3 is 2.00 bits per heavy atom. The fraction of sp³-hybridized carbons (Fsp3) is 0.750. The van der Waals surface area contributed by atoms with Crippen molar-refractivity contribution in [3.8, 4) is 0 Å². The quantitative estimate of drug-likeness (QED) is 0.418. The van der Waals surface area contributed by atoms with Gasteiger partial charge in [0.2, 0.25) is 0 Å². The van der Waals surface area contributed by atoms with Crippen molar-refractivity contribution in [1.82, 2.24) is 0 Å². The lowest BCUT2D eigenvalue weighted by Gasteiger charge is -2.04. The Labute approximate surface area is 50.6 Å². The molecule has 2 unspecified atom stereocenters. The second-order valence-corrected chi connectivity index (χ2v) is 3.07. The SMILES string of the molecule is C=C1C2CCCCC12. The average Bonchev–Trinajstić information content (AvgIpc) is 2.46. The van der Waals surface area contributed by atoms with Crippen molar-refractivity contribution in [3.05, 3.63) is 12.2 Å². The Bertz CT molecular complexity index is 110. The minimum absolute atomic E-state index is 0.976. The summed E-state index contributed by atoms with van der Waals surface area (Å²) in [5, 5.41) is 0. The molecule has 2 aliphatic carbocycles. The maximum absolute atomic E-state index is 4.01. The van der Waals surface area contributed by atoms with Gasteiger partial charge in [0.05, 0.1) is 0 Å². The van der Waals surface area contributed by atoms with E-state index in [9.17, 15) is 0 Å². The second kappa shape index (κ2) is 1.37. The summed E-state index contributed by atoms with van der Waals surface area (Å²) < 4.78 is 0. The fourth-order valence-corrected chi connectivity index (χ4v) is 1.95. The largest absolute Gasteiger partial charge is 0.0993 e. The molecule has 0 amide bonds. The molecule has 0 saturated heterocycles. The molecule has 2 fully saturated rings. The van der Waals surface area contributed by atoms with E-state index in [0.717, 1.165) is 11.8 Å². The molecule has 0 bridgehead atoms. The Morgan fingerprint density at radius 2 is 1.62 bits per heavy atom. The third kappa shape index (κ3) is 0.460. The van der Waals surface area contributed by atoms with E-state index in [1.165, 1.54) is 25.7 Å². The van der Waals surface area contributed by atoms with Gasteiger partial charge in [-0.05, 0) is 24.7 Å². The van der Waals surface area contributed by atoms with Gasteiger partial charge in [-0.15, -0.1) is 0 Å². The van der Waals surface area contributed by atoms with Crippen LogP contribution in [0.25, 0.3) is 0 Å². The van der Waals surface area contributed by atoms with Gasteiger partial charge in [-0.3, -0.25) is 0 Å². The zero-order chi connectivity index (χ0) is 5.56. The van der Waals surface area contributed by atoms with Crippen LogP contribution in [0.1, 0.15) is 25.7 Å². The van der Waals surface area contributed by atoms with Crippen LogP contribution in [0.3, 0.4) is 0 Å². The number of rotatable bonds is 0. The average molecular weight is 108 g/mol. The molecule has 0 aliphatic heterocycles. The van der Waals surface area contributed by atoms with Gasteiger partial charge in [0, 0.05) is 0 Å². The Hall–Kier alpha value is -0.260. The Kier molecular flexibility index (Phi) is 0.787. The first kappa shape index (κ1) is 4.60. The highest BCUT2D eigenvalue weighted by atomic mass is 14.5. The van der Waals surface area contributed by atoms with E-state index in [1.54, 1.807) is 5.57 Å². The van der Waals surface area contributed by atoms with Crippen LogP contribution in [0.4, 0.5) is 0 Å². The molecule has 0 radical (unpaired) electrons. The molecule has 2 rings (SSSR count). The van der Waals surface area contributed by atoms with Crippen molar-refractivity contribution < 1.29 is 0 Å². The standard InChI is InChI=1S/C8H12/c1-6-7-4-2-3-5-8(6)7/h7-8H,1-5H2. The maximum Gasteiger partial charge on any atom is -0.0137 e. The van der Waals surface area contributed by atoms with Crippen molar-refractivity contribution in [3.63, 3.8) is 0 Å². The van der Waals surface area contributed by atoms with Crippen molar-refractivity contribution in [2.75, 3.05) is 0 Å². The molecule has 0 aromatic heterocycles. The predicted octanol–water partition coefficient (Wildman–Crippen LogP) is 2.36. The molecule has 0 heteroatoms. The van der Waals surface area contributed by atoms with Crippen LogP contribution < -0.4 is 0 Å². The van der Waals surface area contributed by atoms with E-state index in [4.69, 9.17) is 0 Å². The van der Waals surface area contributed by atoms with E-state index in [0.29, 0.717) is 0 Å². The highest BCUT2D eigenvalue weighted by Crippen LogP contribution is 2.53. The molecule has 2 saturated carbocycles. The summed E-state index contributed by atoms with van der Waals surface area (Å²) in [5.74, 6) is 1.95. The van der Waals surface area contributed by atoms with Gasteiger partial charge in [-0.2, -0.15) is 0 Å². The summed E-state index contributed by atoms with van der Waals surface area (Å²) in [6.07, 6.45) is 5.81. The van der Waals surface area contributed by atoms with Gasteiger partial charge in [-0.25, -0.2) is 0 Å². The molecule has 2 aliphatic rings. The van der Waals surface area contributed by atoms with Gasteiger partial charge in [-0.1, -0.05) is 25.0 Å². The molecule has 0 nitrogen and oxygen atoms in total. The number of hydrogen-bond donors (Lipinski definition) is 0. The molecule has 0 aromatic carbocycles. The third-order valence-electron chi connectivity index (χ3n) is 2.61. The zero-order valence-corrected chi connectivity index (χ0v) is 5.19. The molecule has 8 heavy (non-hydrogen) atoms. The lowest BCUT2D eigenvalue weighted by Crippen LogP contribution is -1.91. The van der Waals surface area contributed by atoms with Gasteiger partial charge in [0.1, 0.15) is 0 Å². The highest BCUT2D eigenvalue weighted by molar-refractivity contribution is 5.26. The van der Waals surface area contributed by atoms with Crippen LogP contribution in [0.15, 0.2) is 12.2 Å². The lowest BCUT2D eigenvalue weighted by atomic mass is 10.0. The number of hydrogen-bond acceptors (Lipinski definition) is 0. The summed E-state index contributed by atoms with van der Waals surface area (Å²) in [7, 11) is 0. The van der Waals surface area contributed by atoms with Crippen molar-refractivity contribution in [1.29, 1.82) is 0 Å². The summed E-state index contributed by atoms with van der Waals surface area (Å²) in [4.78, 5) is 0. The first-order valence-corrected chi connectivity index (χ1v) is 3.58. The van der Waals surface area contributed by atoms with Gasteiger partial charge in [0.15, 0.2) is 0 Å². The summed E-state index contributed by atoms with van der Waals surface area (Å²) in [5.41, 5.74) is 1.56. The number of allylic oxidation sites excluding steroid dienone is 1. The zero-order valence-electron chi connectivity index (χ0n) is 5.19. The lowest BCUT2D eigenvalue weighted by molar-refractivity contribution is 0.480. The molecular weight excluding hydrogens is 96.1 g/mol. The molecule has 44 valence electrons. The van der Waals surface area contributed by atoms with Gasteiger partial charge in [0.25, 0.3) is 0 Å². The molecular formula is C8H12. The van der Waals surface area contributed by atoms with Crippen LogP contribution in [0.2, 0.25) is 0 Å². The summed E-state index contributed by atoms with van der Waals surface area (Å²) >= 11 is 0. The molecule has 0 aromatic rings. The van der Waals surface area contributed by atoms with E-state index in [2.05, 4.69) is 6.58 Å². The van der Waals surface area contributed by atoms with E-state index < -0.39 is 0 Å². The van der Waals surface area contributed by atoms with Gasteiger partial charge < -0.3 is 0 Å². The van der Waals surface area contributed by atoms with Crippen molar-refractivity contribution in [2.24, 2.45) is 11.8 Å². The van der Waals surface area contributed by atoms with E-state index in [1.807, 2.05) is 0 Å². The molecule has 0 N–H and O–H groups in total.